The smallest absolute Gasteiger partial charge is 0.0897 e. The molecular formula is C14H20N2S2. The van der Waals surface area contributed by atoms with Gasteiger partial charge in [-0.3, -0.25) is 0 Å². The standard InChI is InChI=1S/C14H20N2S2/c1-10-16-11(9-17-10)7-15-8-12-5-6-13(18-12)14(2,3)4/h5-6,9,15H,7-8H2,1-4H3. The molecule has 0 aromatic carbocycles. The molecule has 0 bridgehead atoms. The third kappa shape index (κ3) is 3.64. The molecule has 0 unspecified atom stereocenters. The van der Waals surface area contributed by atoms with Gasteiger partial charge in [0.1, 0.15) is 0 Å². The largest absolute Gasteiger partial charge is 0.306 e. The maximum atomic E-state index is 4.45. The lowest BCUT2D eigenvalue weighted by Gasteiger charge is -2.15. The molecule has 4 heteroatoms. The Hall–Kier alpha value is -0.710. The zero-order valence-electron chi connectivity index (χ0n) is 11.4. The number of thiazole rings is 1. The summed E-state index contributed by atoms with van der Waals surface area (Å²) < 4.78 is 0. The van der Waals surface area contributed by atoms with Crippen molar-refractivity contribution in [1.82, 2.24) is 10.3 Å². The van der Waals surface area contributed by atoms with E-state index < -0.39 is 0 Å². The van der Waals surface area contributed by atoms with E-state index in [1.165, 1.54) is 9.75 Å². The first-order valence-corrected chi connectivity index (χ1v) is 7.86. The van der Waals surface area contributed by atoms with Crippen molar-refractivity contribution in [3.8, 4) is 0 Å². The highest BCUT2D eigenvalue weighted by Crippen LogP contribution is 2.29. The Morgan fingerprint density at radius 2 is 2.00 bits per heavy atom. The summed E-state index contributed by atoms with van der Waals surface area (Å²) in [6.45, 7) is 10.6. The lowest BCUT2D eigenvalue weighted by molar-refractivity contribution is 0.604. The summed E-state index contributed by atoms with van der Waals surface area (Å²) in [6.07, 6.45) is 0. The van der Waals surface area contributed by atoms with E-state index in [1.807, 2.05) is 18.3 Å². The minimum atomic E-state index is 0.259. The highest BCUT2D eigenvalue weighted by Gasteiger charge is 2.15. The average Bonchev–Trinajstić information content (AvgIpc) is 2.87. The van der Waals surface area contributed by atoms with Gasteiger partial charge in [-0.1, -0.05) is 20.8 Å². The average molecular weight is 280 g/mol. The predicted molar refractivity (Wildman–Crippen MR) is 80.4 cm³/mol. The second-order valence-corrected chi connectivity index (χ2v) is 7.71. The van der Waals surface area contributed by atoms with Crippen LogP contribution in [-0.4, -0.2) is 4.98 Å². The second-order valence-electron chi connectivity index (χ2n) is 5.48. The molecule has 0 saturated heterocycles. The molecule has 2 heterocycles. The third-order valence-corrected chi connectivity index (χ3v) is 5.01. The summed E-state index contributed by atoms with van der Waals surface area (Å²) >= 11 is 3.61. The minimum Gasteiger partial charge on any atom is -0.306 e. The van der Waals surface area contributed by atoms with Gasteiger partial charge >= 0.3 is 0 Å². The summed E-state index contributed by atoms with van der Waals surface area (Å²) in [6, 6.07) is 4.47. The Kier molecular flexibility index (Phi) is 4.20. The molecule has 98 valence electrons. The molecule has 1 N–H and O–H groups in total. The molecule has 2 rings (SSSR count). The zero-order valence-corrected chi connectivity index (χ0v) is 13.0. The van der Waals surface area contributed by atoms with Crippen LogP contribution in [0.3, 0.4) is 0 Å². The van der Waals surface area contributed by atoms with E-state index in [0.717, 1.165) is 23.8 Å². The van der Waals surface area contributed by atoms with Gasteiger partial charge in [0.05, 0.1) is 10.7 Å². The molecule has 0 atom stereocenters. The quantitative estimate of drug-likeness (QED) is 0.912. The Bertz CT molecular complexity index is 506. The molecule has 0 aliphatic carbocycles. The van der Waals surface area contributed by atoms with Crippen molar-refractivity contribution in [2.75, 3.05) is 0 Å². The summed E-state index contributed by atoms with van der Waals surface area (Å²) in [4.78, 5) is 7.29. The van der Waals surface area contributed by atoms with Gasteiger partial charge in [-0.2, -0.15) is 0 Å². The summed E-state index contributed by atoms with van der Waals surface area (Å²) in [5.41, 5.74) is 1.40. The van der Waals surface area contributed by atoms with Gasteiger partial charge in [0.25, 0.3) is 0 Å². The molecule has 2 aromatic heterocycles. The molecule has 0 aliphatic rings. The van der Waals surface area contributed by atoms with Crippen molar-refractivity contribution in [3.63, 3.8) is 0 Å². The van der Waals surface area contributed by atoms with E-state index in [1.54, 1.807) is 11.3 Å². The number of hydrogen-bond acceptors (Lipinski definition) is 4. The first kappa shape index (κ1) is 13.7. The van der Waals surface area contributed by atoms with Gasteiger partial charge in [0, 0.05) is 28.2 Å². The SMILES string of the molecule is Cc1nc(CNCc2ccc(C(C)(C)C)s2)cs1. The van der Waals surface area contributed by atoms with Crippen molar-refractivity contribution in [2.24, 2.45) is 0 Å². The highest BCUT2D eigenvalue weighted by molar-refractivity contribution is 7.12. The number of thiophene rings is 1. The normalized spacial score (nSPS) is 12.0. The molecular weight excluding hydrogens is 260 g/mol. The van der Waals surface area contributed by atoms with Crippen molar-refractivity contribution < 1.29 is 0 Å². The summed E-state index contributed by atoms with van der Waals surface area (Å²) in [7, 11) is 0. The van der Waals surface area contributed by atoms with Crippen molar-refractivity contribution in [1.29, 1.82) is 0 Å². The maximum Gasteiger partial charge on any atom is 0.0897 e. The molecule has 0 saturated carbocycles. The van der Waals surface area contributed by atoms with E-state index in [-0.39, 0.29) is 5.41 Å². The highest BCUT2D eigenvalue weighted by atomic mass is 32.1. The van der Waals surface area contributed by atoms with Gasteiger partial charge < -0.3 is 5.32 Å². The van der Waals surface area contributed by atoms with Crippen LogP contribution in [0, 0.1) is 6.92 Å². The van der Waals surface area contributed by atoms with Crippen LogP contribution in [0.25, 0.3) is 0 Å². The monoisotopic (exact) mass is 280 g/mol. The van der Waals surface area contributed by atoms with Gasteiger partial charge in [0.15, 0.2) is 0 Å². The van der Waals surface area contributed by atoms with Gasteiger partial charge in [-0.25, -0.2) is 4.98 Å². The Morgan fingerprint density at radius 1 is 1.22 bits per heavy atom. The van der Waals surface area contributed by atoms with Gasteiger partial charge in [0.2, 0.25) is 0 Å². The van der Waals surface area contributed by atoms with Crippen LogP contribution in [0.2, 0.25) is 0 Å². The van der Waals surface area contributed by atoms with Crippen LogP contribution in [0.5, 0.6) is 0 Å². The molecule has 18 heavy (non-hydrogen) atoms. The van der Waals surface area contributed by atoms with Crippen LogP contribution in [0.15, 0.2) is 17.5 Å². The Balaban J connectivity index is 1.85. The van der Waals surface area contributed by atoms with Crippen LogP contribution in [0.1, 0.15) is 41.2 Å². The topological polar surface area (TPSA) is 24.9 Å². The van der Waals surface area contributed by atoms with Crippen LogP contribution < -0.4 is 5.32 Å². The van der Waals surface area contributed by atoms with E-state index in [4.69, 9.17) is 0 Å². The molecule has 2 aromatic rings. The fourth-order valence-corrected chi connectivity index (χ4v) is 3.33. The van der Waals surface area contributed by atoms with E-state index in [2.05, 4.69) is 48.6 Å². The lowest BCUT2D eigenvalue weighted by Crippen LogP contribution is -2.12. The fourth-order valence-electron chi connectivity index (χ4n) is 1.68. The van der Waals surface area contributed by atoms with Crippen LogP contribution >= 0.6 is 22.7 Å². The number of rotatable bonds is 4. The molecule has 0 fully saturated rings. The molecule has 2 nitrogen and oxygen atoms in total. The number of aryl methyl sites for hydroxylation is 1. The first-order valence-electron chi connectivity index (χ1n) is 6.16. The van der Waals surface area contributed by atoms with Gasteiger partial charge in [-0.15, -0.1) is 22.7 Å². The van der Waals surface area contributed by atoms with Crippen LogP contribution in [0.4, 0.5) is 0 Å². The first-order chi connectivity index (χ1) is 8.45. The molecule has 0 amide bonds. The van der Waals surface area contributed by atoms with E-state index >= 15 is 0 Å². The second kappa shape index (κ2) is 5.51. The Morgan fingerprint density at radius 3 is 2.56 bits per heavy atom. The molecule has 0 radical (unpaired) electrons. The number of nitrogens with zero attached hydrogens (tertiary/aromatic N) is 1. The van der Waals surface area contributed by atoms with Crippen molar-refractivity contribution in [2.45, 2.75) is 46.2 Å². The predicted octanol–water partition coefficient (Wildman–Crippen LogP) is 4.10. The van der Waals surface area contributed by atoms with Gasteiger partial charge in [-0.05, 0) is 24.5 Å². The molecule has 0 spiro atoms. The van der Waals surface area contributed by atoms with E-state index in [0.29, 0.717) is 0 Å². The Labute approximate surface area is 117 Å². The van der Waals surface area contributed by atoms with Crippen molar-refractivity contribution in [3.05, 3.63) is 38.0 Å². The zero-order chi connectivity index (χ0) is 13.2. The number of nitrogens with one attached hydrogen (secondary N) is 1. The summed E-state index contributed by atoms with van der Waals surface area (Å²) in [5.74, 6) is 0. The third-order valence-electron chi connectivity index (χ3n) is 2.67. The number of hydrogen-bond donors (Lipinski definition) is 1. The maximum absolute atomic E-state index is 4.45. The van der Waals surface area contributed by atoms with Crippen LogP contribution in [-0.2, 0) is 18.5 Å². The molecule has 0 aliphatic heterocycles. The lowest BCUT2D eigenvalue weighted by atomic mass is 9.95. The van der Waals surface area contributed by atoms with E-state index in [9.17, 15) is 0 Å². The minimum absolute atomic E-state index is 0.259. The fraction of sp³-hybridized carbons (Fsp3) is 0.500. The summed E-state index contributed by atoms with van der Waals surface area (Å²) in [5, 5.41) is 6.71. The van der Waals surface area contributed by atoms with Crippen molar-refractivity contribution >= 4 is 22.7 Å². The number of aromatic nitrogens is 1.